The molecule has 2 aromatic heterocycles. The van der Waals surface area contributed by atoms with Gasteiger partial charge in [-0.25, -0.2) is 0 Å². The zero-order chi connectivity index (χ0) is 13.2. The minimum atomic E-state index is -0.214. The van der Waals surface area contributed by atoms with Crippen molar-refractivity contribution in [2.45, 2.75) is 0 Å². The Morgan fingerprint density at radius 3 is 3.11 bits per heavy atom. The third kappa shape index (κ3) is 2.37. The van der Waals surface area contributed by atoms with Crippen molar-refractivity contribution >= 4 is 23.2 Å². The molecule has 2 N–H and O–H groups in total. The van der Waals surface area contributed by atoms with Gasteiger partial charge in [-0.3, -0.25) is 14.7 Å². The maximum absolute atomic E-state index is 12.2. The zero-order valence-electron chi connectivity index (χ0n) is 10.0. The van der Waals surface area contributed by atoms with Crippen LogP contribution in [-0.4, -0.2) is 46.5 Å². The highest BCUT2D eigenvalue weighted by Crippen LogP contribution is 2.23. The highest BCUT2D eigenvalue weighted by Gasteiger charge is 2.24. The van der Waals surface area contributed by atoms with Crippen molar-refractivity contribution in [1.29, 1.82) is 0 Å². The summed E-state index contributed by atoms with van der Waals surface area (Å²) in [5, 5.41) is 11.5. The number of hydrogen-bond donors (Lipinski definition) is 2. The van der Waals surface area contributed by atoms with E-state index in [0.29, 0.717) is 18.8 Å². The Hall–Kier alpha value is -2.15. The number of carbonyl (C=O) groups excluding carboxylic acids is 2. The van der Waals surface area contributed by atoms with Crippen molar-refractivity contribution in [3.05, 3.63) is 29.3 Å². The molecule has 1 saturated heterocycles. The van der Waals surface area contributed by atoms with E-state index in [4.69, 9.17) is 0 Å². The molecule has 98 valence electrons. The molecular formula is C12H12N4O2S. The highest BCUT2D eigenvalue weighted by molar-refractivity contribution is 7.13. The molecule has 0 radical (unpaired) electrons. The van der Waals surface area contributed by atoms with Gasteiger partial charge < -0.3 is 10.2 Å². The summed E-state index contributed by atoms with van der Waals surface area (Å²) in [7, 11) is 0. The van der Waals surface area contributed by atoms with Crippen LogP contribution < -0.4 is 5.32 Å². The number of carbonyl (C=O) groups is 2. The first-order valence-corrected chi connectivity index (χ1v) is 6.77. The van der Waals surface area contributed by atoms with Gasteiger partial charge in [0.1, 0.15) is 0 Å². The number of H-pyrrole nitrogens is 1. The summed E-state index contributed by atoms with van der Waals surface area (Å²) in [5.41, 5.74) is 1.16. The Bertz CT molecular complexity index is 605. The topological polar surface area (TPSA) is 78.1 Å². The van der Waals surface area contributed by atoms with E-state index in [1.165, 1.54) is 4.90 Å². The summed E-state index contributed by atoms with van der Waals surface area (Å²) in [6.45, 7) is 1.11. The van der Waals surface area contributed by atoms with E-state index in [0.717, 1.165) is 10.6 Å². The second kappa shape index (κ2) is 4.85. The molecule has 0 spiro atoms. The van der Waals surface area contributed by atoms with Crippen LogP contribution in [0.4, 0.5) is 0 Å². The lowest BCUT2D eigenvalue weighted by Gasteiger charge is -2.25. The van der Waals surface area contributed by atoms with Gasteiger partial charge in [-0.05, 0) is 17.5 Å². The molecule has 3 heterocycles. The summed E-state index contributed by atoms with van der Waals surface area (Å²) in [5.74, 6) is -0.345. The van der Waals surface area contributed by atoms with Crippen LogP contribution in [0.3, 0.4) is 0 Å². The van der Waals surface area contributed by atoms with Crippen LogP contribution in [0.15, 0.2) is 23.6 Å². The molecule has 0 bridgehead atoms. The number of piperazine rings is 1. The predicted octanol–water partition coefficient (Wildman–Crippen LogP) is 0.710. The minimum Gasteiger partial charge on any atom is -0.353 e. The number of nitrogens with zero attached hydrogens (tertiary/aromatic N) is 2. The largest absolute Gasteiger partial charge is 0.353 e. The number of rotatable bonds is 2. The molecule has 0 atom stereocenters. The van der Waals surface area contributed by atoms with Gasteiger partial charge in [0.15, 0.2) is 5.69 Å². The summed E-state index contributed by atoms with van der Waals surface area (Å²) in [6, 6.07) is 5.62. The molecule has 6 nitrogen and oxygen atoms in total. The third-order valence-electron chi connectivity index (χ3n) is 2.91. The monoisotopic (exact) mass is 276 g/mol. The Morgan fingerprint density at radius 1 is 1.47 bits per heavy atom. The molecule has 0 unspecified atom stereocenters. The fourth-order valence-corrected chi connectivity index (χ4v) is 2.66. The lowest BCUT2D eigenvalue weighted by atomic mass is 10.2. The maximum atomic E-state index is 12.2. The van der Waals surface area contributed by atoms with E-state index in [-0.39, 0.29) is 18.4 Å². The van der Waals surface area contributed by atoms with E-state index in [1.54, 1.807) is 17.4 Å². The quantitative estimate of drug-likeness (QED) is 0.848. The first-order valence-electron chi connectivity index (χ1n) is 5.89. The minimum absolute atomic E-state index is 0.0973. The molecular weight excluding hydrogens is 264 g/mol. The van der Waals surface area contributed by atoms with Crippen molar-refractivity contribution in [2.75, 3.05) is 19.6 Å². The molecule has 0 saturated carbocycles. The van der Waals surface area contributed by atoms with Crippen LogP contribution in [0, 0.1) is 0 Å². The van der Waals surface area contributed by atoms with Crippen molar-refractivity contribution in [1.82, 2.24) is 20.4 Å². The summed E-state index contributed by atoms with van der Waals surface area (Å²) < 4.78 is 0. The number of hydrogen-bond acceptors (Lipinski definition) is 4. The van der Waals surface area contributed by atoms with Crippen molar-refractivity contribution in [2.24, 2.45) is 0 Å². The first-order chi connectivity index (χ1) is 9.24. The van der Waals surface area contributed by atoms with Gasteiger partial charge in [-0.1, -0.05) is 6.07 Å². The second-order valence-electron chi connectivity index (χ2n) is 4.22. The number of amides is 2. The van der Waals surface area contributed by atoms with E-state index >= 15 is 0 Å². The molecule has 19 heavy (non-hydrogen) atoms. The molecule has 0 aromatic carbocycles. The van der Waals surface area contributed by atoms with Crippen LogP contribution in [0.1, 0.15) is 10.5 Å². The van der Waals surface area contributed by atoms with Crippen molar-refractivity contribution < 1.29 is 9.59 Å². The molecule has 1 fully saturated rings. The van der Waals surface area contributed by atoms with E-state index in [1.807, 2.05) is 17.5 Å². The van der Waals surface area contributed by atoms with E-state index in [2.05, 4.69) is 15.5 Å². The Kier molecular flexibility index (Phi) is 3.04. The van der Waals surface area contributed by atoms with Gasteiger partial charge in [-0.2, -0.15) is 5.10 Å². The van der Waals surface area contributed by atoms with Gasteiger partial charge in [0.05, 0.1) is 17.1 Å². The summed E-state index contributed by atoms with van der Waals surface area (Å²) in [6.07, 6.45) is 0. The number of nitrogens with one attached hydrogen (secondary N) is 2. The average Bonchev–Trinajstić information content (AvgIpc) is 3.08. The summed E-state index contributed by atoms with van der Waals surface area (Å²) >= 11 is 1.58. The van der Waals surface area contributed by atoms with Gasteiger partial charge in [0.25, 0.3) is 5.91 Å². The molecule has 2 amide bonds. The van der Waals surface area contributed by atoms with Crippen LogP contribution >= 0.6 is 11.3 Å². The molecule has 0 aliphatic carbocycles. The lowest BCUT2D eigenvalue weighted by molar-refractivity contribution is -0.123. The van der Waals surface area contributed by atoms with E-state index < -0.39 is 0 Å². The fraction of sp³-hybridized carbons (Fsp3) is 0.250. The van der Waals surface area contributed by atoms with E-state index in [9.17, 15) is 9.59 Å². The zero-order valence-corrected chi connectivity index (χ0v) is 10.9. The smallest absolute Gasteiger partial charge is 0.274 e. The average molecular weight is 276 g/mol. The predicted molar refractivity (Wildman–Crippen MR) is 70.8 cm³/mol. The number of aromatic amines is 1. The Labute approximate surface area is 113 Å². The van der Waals surface area contributed by atoms with Crippen molar-refractivity contribution in [3.8, 4) is 10.6 Å². The summed E-state index contributed by atoms with van der Waals surface area (Å²) in [4.78, 5) is 26.0. The van der Waals surface area contributed by atoms with Crippen LogP contribution in [0.25, 0.3) is 10.6 Å². The van der Waals surface area contributed by atoms with Gasteiger partial charge in [0.2, 0.25) is 5.91 Å². The highest BCUT2D eigenvalue weighted by atomic mass is 32.1. The van der Waals surface area contributed by atoms with Crippen LogP contribution in [0.2, 0.25) is 0 Å². The van der Waals surface area contributed by atoms with Gasteiger partial charge >= 0.3 is 0 Å². The lowest BCUT2D eigenvalue weighted by Crippen LogP contribution is -2.50. The molecule has 7 heteroatoms. The first kappa shape index (κ1) is 11.9. The number of aromatic nitrogens is 2. The molecule has 1 aliphatic heterocycles. The standard InChI is InChI=1S/C12H12N4O2S/c17-11-7-16(4-3-13-11)12(18)9-6-8(14-15-9)10-2-1-5-19-10/h1-2,5-6H,3-4,7H2,(H,13,17)(H,14,15). The Balaban J connectivity index is 1.79. The normalized spacial score (nSPS) is 15.4. The molecule has 1 aliphatic rings. The van der Waals surface area contributed by atoms with Crippen LogP contribution in [0.5, 0.6) is 0 Å². The van der Waals surface area contributed by atoms with Gasteiger partial charge in [0, 0.05) is 13.1 Å². The van der Waals surface area contributed by atoms with Gasteiger partial charge in [-0.15, -0.1) is 11.3 Å². The third-order valence-corrected chi connectivity index (χ3v) is 3.81. The molecule has 2 aromatic rings. The van der Waals surface area contributed by atoms with Crippen molar-refractivity contribution in [3.63, 3.8) is 0 Å². The Morgan fingerprint density at radius 2 is 2.37 bits per heavy atom. The maximum Gasteiger partial charge on any atom is 0.274 e. The molecule has 3 rings (SSSR count). The number of thiophene rings is 1. The SMILES string of the molecule is O=C1CN(C(=O)c2cc(-c3cccs3)[nH]n2)CCN1. The second-order valence-corrected chi connectivity index (χ2v) is 5.17. The fourth-order valence-electron chi connectivity index (χ4n) is 1.96. The van der Waals surface area contributed by atoms with Crippen LogP contribution in [-0.2, 0) is 4.79 Å².